The van der Waals surface area contributed by atoms with Crippen LogP contribution in [-0.2, 0) is 18.3 Å². The van der Waals surface area contributed by atoms with E-state index >= 15 is 0 Å². The Hall–Kier alpha value is -2.64. The molecule has 0 unspecified atom stereocenters. The van der Waals surface area contributed by atoms with Gasteiger partial charge in [0.25, 0.3) is 0 Å². The van der Waals surface area contributed by atoms with Gasteiger partial charge in [-0.2, -0.15) is 10.1 Å². The van der Waals surface area contributed by atoms with Crippen LogP contribution in [0.5, 0.6) is 6.01 Å². The number of aromatic nitrogens is 4. The lowest BCUT2D eigenvalue weighted by Gasteiger charge is -2.33. The Labute approximate surface area is 179 Å². The molecule has 0 saturated carbocycles. The largest absolute Gasteiger partial charge is 0.467 e. The first-order valence-electron chi connectivity index (χ1n) is 10.7. The first-order chi connectivity index (χ1) is 14.4. The number of hydrogen-bond acceptors (Lipinski definition) is 6. The lowest BCUT2D eigenvalue weighted by atomic mass is 9.93. The summed E-state index contributed by atoms with van der Waals surface area (Å²) in [6, 6.07) is 2.30. The molecule has 2 aromatic heterocycles. The number of methoxy groups -OCH3 is 1. The van der Waals surface area contributed by atoms with Crippen LogP contribution >= 0.6 is 0 Å². The van der Waals surface area contributed by atoms with Gasteiger partial charge in [0.2, 0.25) is 5.91 Å². The zero-order chi connectivity index (χ0) is 21.7. The molecule has 3 heterocycles. The van der Waals surface area contributed by atoms with Gasteiger partial charge in [-0.05, 0) is 57.1 Å². The summed E-state index contributed by atoms with van der Waals surface area (Å²) in [5, 5.41) is 4.48. The fourth-order valence-corrected chi connectivity index (χ4v) is 4.17. The third kappa shape index (κ3) is 5.29. The third-order valence-corrected chi connectivity index (χ3v) is 6.21. The number of piperidine rings is 1. The average molecular weight is 415 g/mol. The number of rotatable bonds is 8. The molecule has 0 aromatic carbocycles. The van der Waals surface area contributed by atoms with Crippen molar-refractivity contribution < 1.29 is 9.53 Å². The molecule has 30 heavy (non-hydrogen) atoms. The standard InChI is InChI=1S/C22H34N6O2/c1-16-19(17(2)27(4)25-16)7-6-12-26(3)21(29)15-18-9-13-28(14-10-18)20-8-11-23-22(24-20)30-5/h8,11,18H,6-7,9-10,12-15H2,1-5H3. The van der Waals surface area contributed by atoms with E-state index in [9.17, 15) is 4.79 Å². The minimum Gasteiger partial charge on any atom is -0.467 e. The summed E-state index contributed by atoms with van der Waals surface area (Å²) >= 11 is 0. The minimum absolute atomic E-state index is 0.247. The fraction of sp³-hybridized carbons (Fsp3) is 0.636. The molecular formula is C22H34N6O2. The van der Waals surface area contributed by atoms with E-state index in [1.807, 2.05) is 29.7 Å². The number of carbonyl (C=O) groups excluding carboxylic acids is 1. The highest BCUT2D eigenvalue weighted by Gasteiger charge is 2.24. The molecule has 1 aliphatic rings. The highest BCUT2D eigenvalue weighted by Crippen LogP contribution is 2.25. The number of nitrogens with zero attached hydrogens (tertiary/aromatic N) is 6. The van der Waals surface area contributed by atoms with Crippen LogP contribution in [0.15, 0.2) is 12.3 Å². The summed E-state index contributed by atoms with van der Waals surface area (Å²) in [6.07, 6.45) is 6.27. The first kappa shape index (κ1) is 22.1. The maximum atomic E-state index is 12.7. The zero-order valence-electron chi connectivity index (χ0n) is 18.9. The summed E-state index contributed by atoms with van der Waals surface area (Å²) < 4.78 is 7.05. The summed E-state index contributed by atoms with van der Waals surface area (Å²) in [6.45, 7) is 6.75. The van der Waals surface area contributed by atoms with E-state index in [0.717, 1.165) is 56.8 Å². The second-order valence-electron chi connectivity index (χ2n) is 8.23. The van der Waals surface area contributed by atoms with E-state index in [-0.39, 0.29) is 5.91 Å². The van der Waals surface area contributed by atoms with E-state index in [0.29, 0.717) is 18.3 Å². The van der Waals surface area contributed by atoms with Crippen molar-refractivity contribution in [3.63, 3.8) is 0 Å². The summed E-state index contributed by atoms with van der Waals surface area (Å²) in [4.78, 5) is 25.3. The van der Waals surface area contributed by atoms with Crippen LogP contribution in [0.1, 0.15) is 42.6 Å². The maximum absolute atomic E-state index is 12.7. The maximum Gasteiger partial charge on any atom is 0.318 e. The molecule has 0 spiro atoms. The van der Waals surface area contributed by atoms with Crippen molar-refractivity contribution in [3.8, 4) is 6.01 Å². The van der Waals surface area contributed by atoms with Crippen LogP contribution in [-0.4, -0.2) is 64.3 Å². The van der Waals surface area contributed by atoms with Gasteiger partial charge in [-0.3, -0.25) is 9.48 Å². The zero-order valence-corrected chi connectivity index (χ0v) is 18.9. The topological polar surface area (TPSA) is 76.4 Å². The van der Waals surface area contributed by atoms with Gasteiger partial charge < -0.3 is 14.5 Å². The van der Waals surface area contributed by atoms with Crippen LogP contribution in [0.3, 0.4) is 0 Å². The molecule has 1 saturated heterocycles. The number of carbonyl (C=O) groups is 1. The molecule has 1 amide bonds. The van der Waals surface area contributed by atoms with Crippen molar-refractivity contribution in [2.45, 2.75) is 46.0 Å². The quantitative estimate of drug-likeness (QED) is 0.661. The van der Waals surface area contributed by atoms with Crippen LogP contribution in [0.4, 0.5) is 5.82 Å². The molecule has 164 valence electrons. The Morgan fingerprint density at radius 1 is 1.30 bits per heavy atom. The Balaban J connectivity index is 1.41. The van der Waals surface area contributed by atoms with Crippen molar-refractivity contribution in [3.05, 3.63) is 29.2 Å². The predicted molar refractivity (Wildman–Crippen MR) is 117 cm³/mol. The molecule has 1 fully saturated rings. The summed E-state index contributed by atoms with van der Waals surface area (Å²) in [5.74, 6) is 1.57. The van der Waals surface area contributed by atoms with Gasteiger partial charge in [-0.15, -0.1) is 0 Å². The molecule has 8 heteroatoms. The van der Waals surface area contributed by atoms with Gasteiger partial charge in [-0.1, -0.05) is 0 Å². The van der Waals surface area contributed by atoms with Crippen LogP contribution in [0.25, 0.3) is 0 Å². The smallest absolute Gasteiger partial charge is 0.318 e. The van der Waals surface area contributed by atoms with Crippen LogP contribution in [0, 0.1) is 19.8 Å². The normalized spacial score (nSPS) is 14.8. The van der Waals surface area contributed by atoms with E-state index in [4.69, 9.17) is 4.74 Å². The van der Waals surface area contributed by atoms with Gasteiger partial charge in [0, 0.05) is 52.0 Å². The number of ether oxygens (including phenoxy) is 1. The lowest BCUT2D eigenvalue weighted by molar-refractivity contribution is -0.131. The molecule has 1 aliphatic heterocycles. The molecule has 0 atom stereocenters. The monoisotopic (exact) mass is 414 g/mol. The number of aryl methyl sites for hydroxylation is 2. The van der Waals surface area contributed by atoms with E-state index in [1.54, 1.807) is 13.3 Å². The van der Waals surface area contributed by atoms with Crippen LogP contribution < -0.4 is 9.64 Å². The van der Waals surface area contributed by atoms with Crippen molar-refractivity contribution >= 4 is 11.7 Å². The summed E-state index contributed by atoms with van der Waals surface area (Å²) in [5.41, 5.74) is 3.62. The van der Waals surface area contributed by atoms with Crippen molar-refractivity contribution in [1.29, 1.82) is 0 Å². The SMILES string of the molecule is COc1nccc(N2CCC(CC(=O)N(C)CCCc3c(C)nn(C)c3C)CC2)n1. The average Bonchev–Trinajstić information content (AvgIpc) is 3.00. The molecular weight excluding hydrogens is 380 g/mol. The highest BCUT2D eigenvalue weighted by atomic mass is 16.5. The van der Waals surface area contributed by atoms with Crippen molar-refractivity contribution in [2.75, 3.05) is 38.7 Å². The molecule has 2 aromatic rings. The molecule has 8 nitrogen and oxygen atoms in total. The number of hydrogen-bond donors (Lipinski definition) is 0. The number of amides is 1. The number of anilines is 1. The van der Waals surface area contributed by atoms with Gasteiger partial charge >= 0.3 is 6.01 Å². The van der Waals surface area contributed by atoms with Gasteiger partial charge in [0.15, 0.2) is 0 Å². The van der Waals surface area contributed by atoms with Gasteiger partial charge in [-0.25, -0.2) is 4.98 Å². The van der Waals surface area contributed by atoms with Crippen LogP contribution in [0.2, 0.25) is 0 Å². The molecule has 0 aliphatic carbocycles. The second kappa shape index (κ2) is 9.91. The fourth-order valence-electron chi connectivity index (χ4n) is 4.17. The Morgan fingerprint density at radius 2 is 2.03 bits per heavy atom. The third-order valence-electron chi connectivity index (χ3n) is 6.21. The Morgan fingerprint density at radius 3 is 2.67 bits per heavy atom. The molecule has 0 bridgehead atoms. The van der Waals surface area contributed by atoms with E-state index < -0.39 is 0 Å². The van der Waals surface area contributed by atoms with Gasteiger partial charge in [0.1, 0.15) is 5.82 Å². The summed E-state index contributed by atoms with van der Waals surface area (Å²) in [7, 11) is 5.48. The molecule has 0 N–H and O–H groups in total. The van der Waals surface area contributed by atoms with E-state index in [2.05, 4.69) is 33.8 Å². The predicted octanol–water partition coefficient (Wildman–Crippen LogP) is 2.53. The first-order valence-corrected chi connectivity index (χ1v) is 10.7. The highest BCUT2D eigenvalue weighted by molar-refractivity contribution is 5.76. The Bertz CT molecular complexity index is 857. The van der Waals surface area contributed by atoms with Crippen molar-refractivity contribution in [2.24, 2.45) is 13.0 Å². The second-order valence-corrected chi connectivity index (χ2v) is 8.23. The van der Waals surface area contributed by atoms with Gasteiger partial charge in [0.05, 0.1) is 12.8 Å². The lowest BCUT2D eigenvalue weighted by Crippen LogP contribution is -2.37. The minimum atomic E-state index is 0.247. The molecule has 0 radical (unpaired) electrons. The molecule has 3 rings (SSSR count). The Kier molecular flexibility index (Phi) is 7.29. The van der Waals surface area contributed by atoms with E-state index in [1.165, 1.54) is 11.3 Å². The van der Waals surface area contributed by atoms with Crippen molar-refractivity contribution in [1.82, 2.24) is 24.6 Å².